The molecule has 1 aromatic heterocycles. The summed E-state index contributed by atoms with van der Waals surface area (Å²) in [5.41, 5.74) is 2.51. The van der Waals surface area contributed by atoms with E-state index >= 15 is 0 Å². The normalized spacial score (nSPS) is 12.8. The fraction of sp³-hybridized carbons (Fsp3) is 0.688. The summed E-state index contributed by atoms with van der Waals surface area (Å²) in [7, 11) is 4.23. The molecule has 0 radical (unpaired) electrons. The third kappa shape index (κ3) is 4.76. The minimum absolute atomic E-state index is 0.459. The van der Waals surface area contributed by atoms with Gasteiger partial charge in [0.1, 0.15) is 5.82 Å². The highest BCUT2D eigenvalue weighted by atomic mass is 15.2. The van der Waals surface area contributed by atoms with Gasteiger partial charge in [0.2, 0.25) is 0 Å². The number of rotatable bonds is 8. The molecule has 0 aliphatic heterocycles. The van der Waals surface area contributed by atoms with Gasteiger partial charge < -0.3 is 15.1 Å². The number of hydrogen-bond donors (Lipinski definition) is 1. The van der Waals surface area contributed by atoms with E-state index in [0.717, 1.165) is 32.0 Å². The van der Waals surface area contributed by atoms with Gasteiger partial charge in [0.05, 0.1) is 0 Å². The largest absolute Gasteiger partial charge is 0.353 e. The third-order valence-electron chi connectivity index (χ3n) is 3.46. The first kappa shape index (κ1) is 16.9. The van der Waals surface area contributed by atoms with Crippen LogP contribution in [-0.4, -0.2) is 49.7 Å². The maximum Gasteiger partial charge on any atom is 0.131 e. The number of aromatic nitrogens is 1. The van der Waals surface area contributed by atoms with Crippen LogP contribution in [0.2, 0.25) is 0 Å². The topological polar surface area (TPSA) is 31.4 Å². The third-order valence-corrected chi connectivity index (χ3v) is 3.46. The molecular weight excluding hydrogens is 248 g/mol. The van der Waals surface area contributed by atoms with Crippen molar-refractivity contribution in [1.82, 2.24) is 15.2 Å². The van der Waals surface area contributed by atoms with Crippen molar-refractivity contribution in [1.29, 1.82) is 0 Å². The zero-order valence-corrected chi connectivity index (χ0v) is 13.9. The molecule has 0 bridgehead atoms. The molecule has 1 rings (SSSR count). The van der Waals surface area contributed by atoms with Crippen molar-refractivity contribution < 1.29 is 0 Å². The quantitative estimate of drug-likeness (QED) is 0.790. The Morgan fingerprint density at radius 3 is 2.50 bits per heavy atom. The average molecular weight is 278 g/mol. The summed E-state index contributed by atoms with van der Waals surface area (Å²) in [4.78, 5) is 9.30. The molecular formula is C16H30N4. The monoisotopic (exact) mass is 278 g/mol. The maximum absolute atomic E-state index is 4.70. The summed E-state index contributed by atoms with van der Waals surface area (Å²) in [5.74, 6) is 1.11. The highest BCUT2D eigenvalue weighted by Gasteiger charge is 2.16. The average Bonchev–Trinajstić information content (AvgIpc) is 2.38. The Hall–Kier alpha value is -1.13. The molecule has 1 heterocycles. The van der Waals surface area contributed by atoms with Crippen LogP contribution in [-0.2, 0) is 6.54 Å². The van der Waals surface area contributed by atoms with Crippen LogP contribution in [0.15, 0.2) is 12.3 Å². The van der Waals surface area contributed by atoms with Crippen LogP contribution in [0, 0.1) is 6.92 Å². The molecule has 0 aromatic carbocycles. The number of pyridine rings is 1. The van der Waals surface area contributed by atoms with Gasteiger partial charge in [0, 0.05) is 31.9 Å². The maximum atomic E-state index is 4.70. The van der Waals surface area contributed by atoms with Crippen LogP contribution in [0.25, 0.3) is 0 Å². The van der Waals surface area contributed by atoms with E-state index in [-0.39, 0.29) is 0 Å². The highest BCUT2D eigenvalue weighted by Crippen LogP contribution is 2.20. The number of likely N-dealkylation sites (N-methyl/N-ethyl adjacent to an activating group) is 2. The van der Waals surface area contributed by atoms with Crippen LogP contribution < -0.4 is 10.2 Å². The lowest BCUT2D eigenvalue weighted by molar-refractivity contribution is 0.372. The SMILES string of the molecule is CCNCc1cnc(N(CC)C(C)CN(C)C)c(C)c1. The summed E-state index contributed by atoms with van der Waals surface area (Å²) in [5, 5.41) is 3.34. The lowest BCUT2D eigenvalue weighted by atomic mass is 10.1. The number of aryl methyl sites for hydroxylation is 1. The first-order valence-corrected chi connectivity index (χ1v) is 7.57. The van der Waals surface area contributed by atoms with Crippen molar-refractivity contribution in [3.63, 3.8) is 0 Å². The summed E-state index contributed by atoms with van der Waals surface area (Å²) in [6.07, 6.45) is 2.00. The van der Waals surface area contributed by atoms with E-state index in [1.165, 1.54) is 11.1 Å². The van der Waals surface area contributed by atoms with Gasteiger partial charge in [-0.2, -0.15) is 0 Å². The van der Waals surface area contributed by atoms with Gasteiger partial charge >= 0.3 is 0 Å². The van der Waals surface area contributed by atoms with Crippen molar-refractivity contribution in [3.8, 4) is 0 Å². The highest BCUT2D eigenvalue weighted by molar-refractivity contribution is 5.48. The Bertz CT molecular complexity index is 403. The molecule has 0 fully saturated rings. The van der Waals surface area contributed by atoms with E-state index in [2.05, 4.69) is 63.0 Å². The fourth-order valence-corrected chi connectivity index (χ4v) is 2.59. The fourth-order valence-electron chi connectivity index (χ4n) is 2.59. The van der Waals surface area contributed by atoms with Crippen molar-refractivity contribution in [3.05, 3.63) is 23.4 Å². The van der Waals surface area contributed by atoms with Gasteiger partial charge in [0.25, 0.3) is 0 Å². The first-order valence-electron chi connectivity index (χ1n) is 7.57. The van der Waals surface area contributed by atoms with Gasteiger partial charge in [-0.05, 0) is 58.6 Å². The van der Waals surface area contributed by atoms with Crippen molar-refractivity contribution in [2.24, 2.45) is 0 Å². The molecule has 0 amide bonds. The zero-order chi connectivity index (χ0) is 15.1. The van der Waals surface area contributed by atoms with Crippen LogP contribution >= 0.6 is 0 Å². The van der Waals surface area contributed by atoms with E-state index in [0.29, 0.717) is 6.04 Å². The Morgan fingerprint density at radius 2 is 2.00 bits per heavy atom. The second-order valence-corrected chi connectivity index (χ2v) is 5.66. The van der Waals surface area contributed by atoms with Gasteiger partial charge in [-0.1, -0.05) is 6.92 Å². The molecule has 1 aromatic rings. The summed E-state index contributed by atoms with van der Waals surface area (Å²) in [6, 6.07) is 2.71. The molecule has 0 aliphatic carbocycles. The summed E-state index contributed by atoms with van der Waals surface area (Å²) >= 11 is 0. The molecule has 20 heavy (non-hydrogen) atoms. The lowest BCUT2D eigenvalue weighted by Gasteiger charge is -2.32. The molecule has 1 unspecified atom stereocenters. The van der Waals surface area contributed by atoms with Gasteiger partial charge in [-0.15, -0.1) is 0 Å². The van der Waals surface area contributed by atoms with Crippen LogP contribution in [0.3, 0.4) is 0 Å². The minimum atomic E-state index is 0.459. The van der Waals surface area contributed by atoms with Gasteiger partial charge in [-0.25, -0.2) is 4.98 Å². The minimum Gasteiger partial charge on any atom is -0.353 e. The number of anilines is 1. The number of nitrogens with one attached hydrogen (secondary N) is 1. The molecule has 0 spiro atoms. The predicted octanol–water partition coefficient (Wildman–Crippen LogP) is 2.28. The van der Waals surface area contributed by atoms with E-state index in [1.807, 2.05) is 6.20 Å². The Balaban J connectivity index is 2.87. The summed E-state index contributed by atoms with van der Waals surface area (Å²) in [6.45, 7) is 12.6. The molecule has 0 saturated heterocycles. The van der Waals surface area contributed by atoms with Crippen molar-refractivity contribution in [2.45, 2.75) is 40.3 Å². The van der Waals surface area contributed by atoms with Crippen LogP contribution in [0.5, 0.6) is 0 Å². The molecule has 1 atom stereocenters. The number of nitrogens with zero attached hydrogens (tertiary/aromatic N) is 3. The van der Waals surface area contributed by atoms with E-state index in [9.17, 15) is 0 Å². The standard InChI is InChI=1S/C16H30N4/c1-7-17-10-15-9-13(3)16(18-11-15)20(8-2)14(4)12-19(5)6/h9,11,14,17H,7-8,10,12H2,1-6H3. The summed E-state index contributed by atoms with van der Waals surface area (Å²) < 4.78 is 0. The van der Waals surface area contributed by atoms with Crippen molar-refractivity contribution in [2.75, 3.05) is 38.6 Å². The van der Waals surface area contributed by atoms with E-state index < -0.39 is 0 Å². The van der Waals surface area contributed by atoms with E-state index in [4.69, 9.17) is 4.98 Å². The number of hydrogen-bond acceptors (Lipinski definition) is 4. The molecule has 0 aliphatic rings. The second-order valence-electron chi connectivity index (χ2n) is 5.66. The molecule has 4 heteroatoms. The second kappa shape index (κ2) is 8.22. The van der Waals surface area contributed by atoms with E-state index in [1.54, 1.807) is 0 Å². The van der Waals surface area contributed by atoms with Gasteiger partial charge in [0.15, 0.2) is 0 Å². The smallest absolute Gasteiger partial charge is 0.131 e. The predicted molar refractivity (Wildman–Crippen MR) is 87.4 cm³/mol. The Labute approximate surface area is 124 Å². The first-order chi connectivity index (χ1) is 9.49. The molecule has 0 saturated carbocycles. The molecule has 114 valence electrons. The Morgan fingerprint density at radius 1 is 1.30 bits per heavy atom. The van der Waals surface area contributed by atoms with Crippen molar-refractivity contribution >= 4 is 5.82 Å². The zero-order valence-electron chi connectivity index (χ0n) is 13.9. The lowest BCUT2D eigenvalue weighted by Crippen LogP contribution is -2.41. The van der Waals surface area contributed by atoms with Crippen LogP contribution in [0.4, 0.5) is 5.82 Å². The van der Waals surface area contributed by atoms with Gasteiger partial charge in [-0.3, -0.25) is 0 Å². The Kier molecular flexibility index (Phi) is 6.96. The molecule has 1 N–H and O–H groups in total. The van der Waals surface area contributed by atoms with Crippen LogP contribution in [0.1, 0.15) is 31.9 Å². The molecule has 4 nitrogen and oxygen atoms in total.